The fourth-order valence-corrected chi connectivity index (χ4v) is 3.83. The Kier molecular flexibility index (Phi) is 6.96. The highest BCUT2D eigenvalue weighted by Gasteiger charge is 2.39. The Morgan fingerprint density at radius 2 is 1.76 bits per heavy atom. The minimum atomic E-state index is -0.549. The minimum Gasteiger partial charge on any atom is -0.444 e. The third kappa shape index (κ3) is 6.07. The summed E-state index contributed by atoms with van der Waals surface area (Å²) in [6, 6.07) is 9.88. The van der Waals surface area contributed by atoms with E-state index in [0.717, 1.165) is 32.5 Å². The average Bonchev–Trinajstić information content (AvgIpc) is 3.18. The first-order chi connectivity index (χ1) is 13.8. The number of likely N-dealkylation sites (tertiary alicyclic amines) is 1. The van der Waals surface area contributed by atoms with Gasteiger partial charge in [-0.05, 0) is 39.2 Å². The van der Waals surface area contributed by atoms with Crippen molar-refractivity contribution >= 4 is 18.1 Å². The van der Waals surface area contributed by atoms with Gasteiger partial charge >= 0.3 is 6.09 Å². The molecule has 0 aromatic heterocycles. The Balaban J connectivity index is 1.48. The second kappa shape index (κ2) is 9.44. The van der Waals surface area contributed by atoms with Crippen molar-refractivity contribution in [3.05, 3.63) is 42.0 Å². The molecule has 2 fully saturated rings. The number of carbonyl (C=O) groups excluding carboxylic acids is 2. The Morgan fingerprint density at radius 1 is 1.07 bits per heavy atom. The number of hydrogen-bond acceptors (Lipinski definition) is 4. The summed E-state index contributed by atoms with van der Waals surface area (Å²) in [5.41, 5.74) is 0.649. The van der Waals surface area contributed by atoms with Crippen LogP contribution < -0.4 is 0 Å². The van der Waals surface area contributed by atoms with Gasteiger partial charge in [-0.2, -0.15) is 0 Å². The highest BCUT2D eigenvalue weighted by Crippen LogP contribution is 2.23. The maximum absolute atomic E-state index is 13.0. The van der Waals surface area contributed by atoms with Crippen molar-refractivity contribution in [1.29, 1.82) is 0 Å². The van der Waals surface area contributed by atoms with Crippen LogP contribution in [0.25, 0.3) is 6.08 Å². The maximum atomic E-state index is 13.0. The van der Waals surface area contributed by atoms with E-state index in [1.54, 1.807) is 4.90 Å². The molecule has 2 amide bonds. The zero-order valence-electron chi connectivity index (χ0n) is 17.8. The van der Waals surface area contributed by atoms with Crippen LogP contribution in [0.15, 0.2) is 36.4 Å². The molecule has 1 aromatic carbocycles. The summed E-state index contributed by atoms with van der Waals surface area (Å²) in [6.07, 6.45) is 5.50. The van der Waals surface area contributed by atoms with Gasteiger partial charge in [0.2, 0.25) is 5.91 Å². The van der Waals surface area contributed by atoms with Crippen LogP contribution in [-0.2, 0) is 9.53 Å². The highest BCUT2D eigenvalue weighted by molar-refractivity contribution is 5.86. The van der Waals surface area contributed by atoms with Crippen molar-refractivity contribution in [2.24, 2.45) is 0 Å². The highest BCUT2D eigenvalue weighted by atomic mass is 16.6. The number of benzene rings is 1. The molecule has 1 unspecified atom stereocenters. The number of piperazine rings is 1. The van der Waals surface area contributed by atoms with E-state index in [9.17, 15) is 9.59 Å². The number of amides is 2. The fourth-order valence-electron chi connectivity index (χ4n) is 3.83. The second-order valence-electron chi connectivity index (χ2n) is 8.77. The van der Waals surface area contributed by atoms with E-state index >= 15 is 0 Å². The molecule has 2 aliphatic heterocycles. The predicted molar refractivity (Wildman–Crippen MR) is 114 cm³/mol. The summed E-state index contributed by atoms with van der Waals surface area (Å²) in [6.45, 7) is 10.1. The van der Waals surface area contributed by atoms with Crippen LogP contribution in [0.3, 0.4) is 0 Å². The molecule has 6 heteroatoms. The molecule has 2 aliphatic rings. The van der Waals surface area contributed by atoms with E-state index in [1.807, 2.05) is 43.9 Å². The number of rotatable bonds is 4. The van der Waals surface area contributed by atoms with Gasteiger partial charge in [-0.15, -0.1) is 0 Å². The average molecular weight is 400 g/mol. The standard InChI is InChI=1S/C23H33N3O3/c1-23(2,3)29-22(28)26-14-8-12-20(26)21(27)25-17-15-24(16-18-25)13-7-11-19-9-5-4-6-10-19/h4-7,9-11,20H,8,12-18H2,1-3H3/b11-7+. The number of ether oxygens (including phenoxy) is 1. The molecular formula is C23H33N3O3. The van der Waals surface area contributed by atoms with Crippen LogP contribution in [0.4, 0.5) is 4.79 Å². The molecule has 0 radical (unpaired) electrons. The quantitative estimate of drug-likeness (QED) is 0.780. The van der Waals surface area contributed by atoms with E-state index in [4.69, 9.17) is 4.74 Å². The topological polar surface area (TPSA) is 53.1 Å². The molecule has 2 saturated heterocycles. The van der Waals surface area contributed by atoms with Gasteiger partial charge in [-0.1, -0.05) is 42.5 Å². The first-order valence-electron chi connectivity index (χ1n) is 10.6. The first-order valence-corrected chi connectivity index (χ1v) is 10.6. The molecule has 0 bridgehead atoms. The summed E-state index contributed by atoms with van der Waals surface area (Å²) in [5, 5.41) is 0. The van der Waals surface area contributed by atoms with Crippen LogP contribution >= 0.6 is 0 Å². The van der Waals surface area contributed by atoms with Crippen molar-refractivity contribution in [2.75, 3.05) is 39.3 Å². The van der Waals surface area contributed by atoms with Gasteiger partial charge in [0.05, 0.1) is 0 Å². The summed E-state index contributed by atoms with van der Waals surface area (Å²) >= 11 is 0. The van der Waals surface area contributed by atoms with Gasteiger partial charge in [0.15, 0.2) is 0 Å². The largest absolute Gasteiger partial charge is 0.444 e. The van der Waals surface area contributed by atoms with Crippen LogP contribution in [0.1, 0.15) is 39.2 Å². The van der Waals surface area contributed by atoms with Gasteiger partial charge in [-0.3, -0.25) is 14.6 Å². The van der Waals surface area contributed by atoms with Crippen molar-refractivity contribution in [3.63, 3.8) is 0 Å². The van der Waals surface area contributed by atoms with E-state index in [1.165, 1.54) is 5.56 Å². The third-order valence-corrected chi connectivity index (χ3v) is 5.32. The van der Waals surface area contributed by atoms with E-state index in [0.29, 0.717) is 19.6 Å². The third-order valence-electron chi connectivity index (χ3n) is 5.32. The van der Waals surface area contributed by atoms with Crippen LogP contribution in [-0.4, -0.2) is 77.6 Å². The molecular weight excluding hydrogens is 366 g/mol. The molecule has 158 valence electrons. The molecule has 0 N–H and O–H groups in total. The van der Waals surface area contributed by atoms with Crippen molar-refractivity contribution in [1.82, 2.24) is 14.7 Å². The zero-order chi connectivity index (χ0) is 20.9. The lowest BCUT2D eigenvalue weighted by Crippen LogP contribution is -2.54. The Morgan fingerprint density at radius 3 is 2.41 bits per heavy atom. The van der Waals surface area contributed by atoms with Crippen LogP contribution in [0, 0.1) is 0 Å². The fraction of sp³-hybridized carbons (Fsp3) is 0.565. The lowest BCUT2D eigenvalue weighted by atomic mass is 10.1. The van der Waals surface area contributed by atoms with Gasteiger partial charge in [-0.25, -0.2) is 4.79 Å². The predicted octanol–water partition coefficient (Wildman–Crippen LogP) is 3.24. The Labute approximate surface area is 174 Å². The van der Waals surface area contributed by atoms with Crippen molar-refractivity contribution in [3.8, 4) is 0 Å². The molecule has 1 atom stereocenters. The first kappa shape index (κ1) is 21.4. The lowest BCUT2D eigenvalue weighted by Gasteiger charge is -2.37. The van der Waals surface area contributed by atoms with Crippen molar-refractivity contribution < 1.29 is 14.3 Å². The van der Waals surface area contributed by atoms with Gasteiger partial charge < -0.3 is 9.64 Å². The number of carbonyl (C=O) groups is 2. The number of hydrogen-bond donors (Lipinski definition) is 0. The van der Waals surface area contributed by atoms with E-state index in [-0.39, 0.29) is 18.0 Å². The molecule has 2 heterocycles. The normalized spacial score (nSPS) is 21.0. The molecule has 1 aromatic rings. The smallest absolute Gasteiger partial charge is 0.410 e. The van der Waals surface area contributed by atoms with Gasteiger partial charge in [0.1, 0.15) is 11.6 Å². The zero-order valence-corrected chi connectivity index (χ0v) is 17.8. The monoisotopic (exact) mass is 399 g/mol. The SMILES string of the molecule is CC(C)(C)OC(=O)N1CCCC1C(=O)N1CCN(C/C=C/c2ccccc2)CC1. The summed E-state index contributed by atoms with van der Waals surface area (Å²) in [4.78, 5) is 31.4. The molecule has 6 nitrogen and oxygen atoms in total. The van der Waals surface area contributed by atoms with E-state index < -0.39 is 5.60 Å². The van der Waals surface area contributed by atoms with Gasteiger partial charge in [0.25, 0.3) is 0 Å². The lowest BCUT2D eigenvalue weighted by molar-refractivity contribution is -0.137. The maximum Gasteiger partial charge on any atom is 0.410 e. The van der Waals surface area contributed by atoms with Crippen LogP contribution in [0.5, 0.6) is 0 Å². The Bertz CT molecular complexity index is 719. The number of nitrogens with zero attached hydrogens (tertiary/aromatic N) is 3. The molecule has 0 saturated carbocycles. The van der Waals surface area contributed by atoms with Crippen LogP contribution in [0.2, 0.25) is 0 Å². The second-order valence-corrected chi connectivity index (χ2v) is 8.77. The molecule has 29 heavy (non-hydrogen) atoms. The molecule has 0 spiro atoms. The Hall–Kier alpha value is -2.34. The van der Waals surface area contributed by atoms with Crippen molar-refractivity contribution in [2.45, 2.75) is 45.3 Å². The molecule has 3 rings (SSSR count). The molecule has 0 aliphatic carbocycles. The minimum absolute atomic E-state index is 0.0628. The van der Waals surface area contributed by atoms with E-state index in [2.05, 4.69) is 29.2 Å². The summed E-state index contributed by atoms with van der Waals surface area (Å²) in [5.74, 6) is 0.0628. The summed E-state index contributed by atoms with van der Waals surface area (Å²) in [7, 11) is 0. The van der Waals surface area contributed by atoms with Gasteiger partial charge in [0, 0.05) is 39.3 Å². The summed E-state index contributed by atoms with van der Waals surface area (Å²) < 4.78 is 5.49.